The van der Waals surface area contributed by atoms with Crippen molar-refractivity contribution in [1.29, 1.82) is 0 Å². The molecular formula is C17H16N2O4S2. The van der Waals surface area contributed by atoms with E-state index in [1.54, 1.807) is 18.2 Å². The number of sulfonamides is 1. The predicted molar refractivity (Wildman–Crippen MR) is 96.6 cm³/mol. The number of nitrogens with one attached hydrogen (secondary N) is 2. The van der Waals surface area contributed by atoms with Crippen molar-refractivity contribution in [3.05, 3.63) is 48.0 Å². The van der Waals surface area contributed by atoms with Gasteiger partial charge >= 0.3 is 0 Å². The first-order valence-corrected chi connectivity index (χ1v) is 10.3. The van der Waals surface area contributed by atoms with Gasteiger partial charge in [0, 0.05) is 16.5 Å². The third-order valence-electron chi connectivity index (χ3n) is 4.14. The smallest absolute Gasteiger partial charge is 0.261 e. The number of hydrogen-bond donors (Lipinski definition) is 2. The molecule has 2 aliphatic rings. The number of fused-ring (bicyclic) bond motifs is 1. The molecule has 25 heavy (non-hydrogen) atoms. The fraction of sp³-hybridized carbons (Fsp3) is 0.235. The molecule has 4 rings (SSSR count). The van der Waals surface area contributed by atoms with Crippen LogP contribution < -0.4 is 10.0 Å². The van der Waals surface area contributed by atoms with Crippen LogP contribution in [0.5, 0.6) is 0 Å². The minimum absolute atomic E-state index is 0.117. The Labute approximate surface area is 150 Å². The van der Waals surface area contributed by atoms with Crippen molar-refractivity contribution in [3.8, 4) is 0 Å². The van der Waals surface area contributed by atoms with Crippen molar-refractivity contribution in [2.45, 2.75) is 15.7 Å². The number of carbonyl (C=O) groups is 1. The molecule has 0 aliphatic carbocycles. The molecule has 0 unspecified atom stereocenters. The van der Waals surface area contributed by atoms with E-state index >= 15 is 0 Å². The number of rotatable bonds is 4. The minimum atomic E-state index is -3.74. The molecule has 6 nitrogen and oxygen atoms in total. The van der Waals surface area contributed by atoms with E-state index in [-0.39, 0.29) is 10.8 Å². The van der Waals surface area contributed by atoms with Gasteiger partial charge in [-0.3, -0.25) is 9.52 Å². The van der Waals surface area contributed by atoms with Crippen LogP contribution in [0.25, 0.3) is 0 Å². The van der Waals surface area contributed by atoms with Crippen molar-refractivity contribution < 1.29 is 17.9 Å². The van der Waals surface area contributed by atoms with Crippen molar-refractivity contribution in [2.75, 3.05) is 29.0 Å². The van der Waals surface area contributed by atoms with E-state index in [0.29, 0.717) is 36.3 Å². The largest absolute Gasteiger partial charge is 0.380 e. The third-order valence-corrected chi connectivity index (χ3v) is 6.59. The topological polar surface area (TPSA) is 84.5 Å². The van der Waals surface area contributed by atoms with Gasteiger partial charge in [0.2, 0.25) is 5.91 Å². The number of carbonyl (C=O) groups excluding carboxylic acids is 1. The molecule has 0 radical (unpaired) electrons. The molecule has 0 saturated carbocycles. The Bertz CT molecular complexity index is 939. The monoisotopic (exact) mass is 376 g/mol. The molecule has 2 aromatic carbocycles. The van der Waals surface area contributed by atoms with Crippen LogP contribution in [-0.2, 0) is 19.6 Å². The summed E-state index contributed by atoms with van der Waals surface area (Å²) in [6.07, 6.45) is 0. The van der Waals surface area contributed by atoms with Crippen LogP contribution in [0.1, 0.15) is 11.5 Å². The third kappa shape index (κ3) is 3.37. The molecule has 0 spiro atoms. The van der Waals surface area contributed by atoms with Gasteiger partial charge in [-0.05, 0) is 35.9 Å². The number of hydrogen-bond acceptors (Lipinski definition) is 5. The van der Waals surface area contributed by atoms with Crippen LogP contribution >= 0.6 is 11.8 Å². The van der Waals surface area contributed by atoms with Crippen LogP contribution in [-0.4, -0.2) is 33.3 Å². The Morgan fingerprint density at radius 3 is 2.76 bits per heavy atom. The summed E-state index contributed by atoms with van der Waals surface area (Å²) >= 11 is 1.40. The average molecular weight is 376 g/mol. The lowest BCUT2D eigenvalue weighted by molar-refractivity contribution is -0.113. The molecule has 2 heterocycles. The summed E-state index contributed by atoms with van der Waals surface area (Å²) in [7, 11) is -3.74. The molecule has 0 bridgehead atoms. The van der Waals surface area contributed by atoms with E-state index in [0.717, 1.165) is 10.5 Å². The predicted octanol–water partition coefficient (Wildman–Crippen LogP) is 2.65. The van der Waals surface area contributed by atoms with Gasteiger partial charge in [-0.1, -0.05) is 12.1 Å². The molecule has 0 aromatic heterocycles. The summed E-state index contributed by atoms with van der Waals surface area (Å²) < 4.78 is 33.2. The Balaban J connectivity index is 1.59. The van der Waals surface area contributed by atoms with Crippen LogP contribution in [0.3, 0.4) is 0 Å². The van der Waals surface area contributed by atoms with Crippen LogP contribution in [0.4, 0.5) is 11.4 Å². The highest BCUT2D eigenvalue weighted by molar-refractivity contribution is 8.00. The molecule has 0 atom stereocenters. The highest BCUT2D eigenvalue weighted by Gasteiger charge is 2.23. The van der Waals surface area contributed by atoms with Crippen molar-refractivity contribution in [3.63, 3.8) is 0 Å². The molecule has 2 aliphatic heterocycles. The van der Waals surface area contributed by atoms with E-state index in [1.807, 2.05) is 18.2 Å². The highest BCUT2D eigenvalue weighted by Crippen LogP contribution is 2.33. The van der Waals surface area contributed by atoms with Gasteiger partial charge < -0.3 is 10.1 Å². The molecule has 1 amide bonds. The van der Waals surface area contributed by atoms with E-state index in [4.69, 9.17) is 4.74 Å². The summed E-state index contributed by atoms with van der Waals surface area (Å²) in [4.78, 5) is 12.5. The summed E-state index contributed by atoms with van der Waals surface area (Å²) in [5, 5.41) is 2.71. The Morgan fingerprint density at radius 1 is 1.16 bits per heavy atom. The van der Waals surface area contributed by atoms with Gasteiger partial charge in [0.15, 0.2) is 0 Å². The summed E-state index contributed by atoms with van der Waals surface area (Å²) in [5.74, 6) is 0.533. The van der Waals surface area contributed by atoms with Crippen molar-refractivity contribution in [1.82, 2.24) is 0 Å². The zero-order valence-electron chi connectivity index (χ0n) is 13.2. The van der Waals surface area contributed by atoms with E-state index in [1.165, 1.54) is 17.8 Å². The summed E-state index contributed by atoms with van der Waals surface area (Å²) in [6.45, 7) is 1.33. The van der Waals surface area contributed by atoms with Gasteiger partial charge in [-0.2, -0.15) is 0 Å². The van der Waals surface area contributed by atoms with Gasteiger partial charge in [0.25, 0.3) is 10.0 Å². The molecule has 130 valence electrons. The van der Waals surface area contributed by atoms with Gasteiger partial charge in [0.05, 0.1) is 29.5 Å². The summed E-state index contributed by atoms with van der Waals surface area (Å²) in [6, 6.07) is 12.1. The Kier molecular flexibility index (Phi) is 4.18. The van der Waals surface area contributed by atoms with Gasteiger partial charge in [-0.25, -0.2) is 8.42 Å². The number of ether oxygens (including phenoxy) is 1. The summed E-state index contributed by atoms with van der Waals surface area (Å²) in [5.41, 5.74) is 2.10. The maximum absolute atomic E-state index is 12.7. The molecule has 2 aromatic rings. The zero-order valence-corrected chi connectivity index (χ0v) is 14.8. The van der Waals surface area contributed by atoms with Crippen molar-refractivity contribution in [2.24, 2.45) is 0 Å². The molecule has 8 heteroatoms. The zero-order chi connectivity index (χ0) is 17.4. The fourth-order valence-electron chi connectivity index (χ4n) is 2.73. The Hall–Kier alpha value is -2.03. The average Bonchev–Trinajstić information content (AvgIpc) is 2.52. The van der Waals surface area contributed by atoms with Gasteiger partial charge in [-0.15, -0.1) is 11.8 Å². The number of benzene rings is 2. The van der Waals surface area contributed by atoms with E-state index in [2.05, 4.69) is 10.0 Å². The second kappa shape index (κ2) is 6.36. The SMILES string of the molecule is O=C1CSc2ccc(S(=O)(=O)Nc3cccc(C4COC4)c3)cc2N1. The van der Waals surface area contributed by atoms with Crippen molar-refractivity contribution >= 4 is 39.1 Å². The van der Waals surface area contributed by atoms with E-state index in [9.17, 15) is 13.2 Å². The first kappa shape index (κ1) is 16.4. The standard InChI is InChI=1S/C17H16N2O4S2/c20-17-10-24-16-5-4-14(7-15(16)18-17)25(21,22)19-13-3-1-2-11(6-13)12-8-23-9-12/h1-7,12,19H,8-10H2,(H,18,20). The number of anilines is 2. The van der Waals surface area contributed by atoms with Crippen LogP contribution in [0.15, 0.2) is 52.3 Å². The molecule has 2 N–H and O–H groups in total. The molecule has 1 saturated heterocycles. The highest BCUT2D eigenvalue weighted by atomic mass is 32.2. The minimum Gasteiger partial charge on any atom is -0.380 e. The van der Waals surface area contributed by atoms with Crippen LogP contribution in [0, 0.1) is 0 Å². The normalized spacial score (nSPS) is 17.4. The Morgan fingerprint density at radius 2 is 2.00 bits per heavy atom. The maximum atomic E-state index is 12.7. The lowest BCUT2D eigenvalue weighted by Gasteiger charge is -2.26. The molecular weight excluding hydrogens is 360 g/mol. The first-order valence-electron chi connectivity index (χ1n) is 7.78. The number of amides is 1. The lowest BCUT2D eigenvalue weighted by atomic mass is 9.97. The lowest BCUT2D eigenvalue weighted by Crippen LogP contribution is -2.25. The fourth-order valence-corrected chi connectivity index (χ4v) is 4.59. The second-order valence-corrected chi connectivity index (χ2v) is 8.66. The quantitative estimate of drug-likeness (QED) is 0.857. The maximum Gasteiger partial charge on any atom is 0.261 e. The van der Waals surface area contributed by atoms with Crippen LogP contribution in [0.2, 0.25) is 0 Å². The second-order valence-electron chi connectivity index (χ2n) is 5.96. The number of thioether (sulfide) groups is 1. The molecule has 1 fully saturated rings. The van der Waals surface area contributed by atoms with E-state index < -0.39 is 10.0 Å². The first-order chi connectivity index (χ1) is 12.0. The van der Waals surface area contributed by atoms with Gasteiger partial charge in [0.1, 0.15) is 0 Å².